The third-order valence-electron chi connectivity index (χ3n) is 4.65. The van der Waals surface area contributed by atoms with Gasteiger partial charge in [-0.05, 0) is 24.3 Å². The zero-order valence-corrected chi connectivity index (χ0v) is 17.7. The van der Waals surface area contributed by atoms with Crippen LogP contribution < -0.4 is 5.32 Å². The van der Waals surface area contributed by atoms with E-state index in [1.54, 1.807) is 24.5 Å². The lowest BCUT2D eigenvalue weighted by Gasteiger charge is -2.26. The summed E-state index contributed by atoms with van der Waals surface area (Å²) in [6.07, 6.45) is 3.39. The monoisotopic (exact) mass is 444 g/mol. The number of sulfonamides is 1. The molecule has 10 heteroatoms. The minimum Gasteiger partial charge on any atom is -0.379 e. The Morgan fingerprint density at radius 3 is 2.63 bits per heavy atom. The van der Waals surface area contributed by atoms with Gasteiger partial charge < -0.3 is 10.1 Å². The molecule has 1 aliphatic rings. The first kappa shape index (κ1) is 20.6. The highest BCUT2D eigenvalue weighted by molar-refractivity contribution is 7.89. The number of ether oxygens (including phenoxy) is 1. The van der Waals surface area contributed by atoms with E-state index < -0.39 is 15.9 Å². The van der Waals surface area contributed by atoms with Gasteiger partial charge in [-0.25, -0.2) is 13.4 Å². The third kappa shape index (κ3) is 4.41. The summed E-state index contributed by atoms with van der Waals surface area (Å²) < 4.78 is 32.6. The normalized spacial score (nSPS) is 15.1. The molecular weight excluding hydrogens is 424 g/mol. The van der Waals surface area contributed by atoms with Gasteiger partial charge in [-0.15, -0.1) is 11.3 Å². The molecule has 3 aromatic rings. The van der Waals surface area contributed by atoms with Gasteiger partial charge in [0, 0.05) is 36.4 Å². The van der Waals surface area contributed by atoms with Crippen LogP contribution >= 0.6 is 11.3 Å². The summed E-state index contributed by atoms with van der Waals surface area (Å²) in [5.74, 6) is -0.455. The number of carbonyl (C=O) groups excluding carboxylic acids is 1. The molecule has 0 unspecified atom stereocenters. The number of thiazole rings is 1. The molecule has 1 aliphatic heterocycles. The molecule has 156 valence electrons. The highest BCUT2D eigenvalue weighted by atomic mass is 32.2. The number of hydrogen-bond acceptors (Lipinski definition) is 7. The molecule has 0 aliphatic carbocycles. The first-order valence-corrected chi connectivity index (χ1v) is 11.7. The smallest absolute Gasteiger partial charge is 0.253 e. The number of carbonyl (C=O) groups is 1. The average molecular weight is 445 g/mol. The van der Waals surface area contributed by atoms with E-state index in [0.717, 1.165) is 16.3 Å². The van der Waals surface area contributed by atoms with Crippen LogP contribution in [0.15, 0.2) is 59.1 Å². The molecule has 3 heterocycles. The summed E-state index contributed by atoms with van der Waals surface area (Å²) >= 11 is 1.43. The quantitative estimate of drug-likeness (QED) is 0.625. The molecule has 0 atom stereocenters. The van der Waals surface area contributed by atoms with Gasteiger partial charge in [0.05, 0.1) is 35.9 Å². The lowest BCUT2D eigenvalue weighted by Crippen LogP contribution is -2.41. The molecule has 30 heavy (non-hydrogen) atoms. The average Bonchev–Trinajstić information content (AvgIpc) is 3.28. The fraction of sp³-hybridized carbons (Fsp3) is 0.250. The second kappa shape index (κ2) is 9.00. The van der Waals surface area contributed by atoms with Crippen LogP contribution in [-0.2, 0) is 21.3 Å². The molecule has 0 spiro atoms. The Morgan fingerprint density at radius 1 is 1.13 bits per heavy atom. The van der Waals surface area contributed by atoms with Crippen molar-refractivity contribution in [2.24, 2.45) is 0 Å². The predicted octanol–water partition coefficient (Wildman–Crippen LogP) is 2.16. The summed E-state index contributed by atoms with van der Waals surface area (Å²) in [7, 11) is -3.78. The lowest BCUT2D eigenvalue weighted by molar-refractivity contribution is 0.0730. The van der Waals surface area contributed by atoms with Gasteiger partial charge in [0.2, 0.25) is 10.0 Å². The van der Waals surface area contributed by atoms with Crippen molar-refractivity contribution in [1.82, 2.24) is 19.6 Å². The van der Waals surface area contributed by atoms with Crippen molar-refractivity contribution >= 4 is 27.3 Å². The number of pyridine rings is 1. The van der Waals surface area contributed by atoms with E-state index in [-0.39, 0.29) is 30.1 Å². The highest BCUT2D eigenvalue weighted by Crippen LogP contribution is 2.23. The van der Waals surface area contributed by atoms with Gasteiger partial charge >= 0.3 is 0 Å². The van der Waals surface area contributed by atoms with E-state index in [9.17, 15) is 13.2 Å². The van der Waals surface area contributed by atoms with E-state index >= 15 is 0 Å². The van der Waals surface area contributed by atoms with Crippen molar-refractivity contribution in [3.63, 3.8) is 0 Å². The Kier molecular flexibility index (Phi) is 6.18. The first-order valence-electron chi connectivity index (χ1n) is 9.35. The number of hydrogen-bond donors (Lipinski definition) is 1. The van der Waals surface area contributed by atoms with E-state index in [1.807, 2.05) is 17.5 Å². The Labute approximate surface area is 178 Å². The zero-order chi connectivity index (χ0) is 21.0. The highest BCUT2D eigenvalue weighted by Gasteiger charge is 2.30. The van der Waals surface area contributed by atoms with Crippen LogP contribution in [0.2, 0.25) is 0 Å². The van der Waals surface area contributed by atoms with Gasteiger partial charge in [0.1, 0.15) is 5.01 Å². The molecule has 0 bridgehead atoms. The first-order chi connectivity index (χ1) is 14.6. The van der Waals surface area contributed by atoms with Crippen LogP contribution in [0.1, 0.15) is 15.4 Å². The van der Waals surface area contributed by atoms with E-state index in [0.29, 0.717) is 13.2 Å². The fourth-order valence-corrected chi connectivity index (χ4v) is 5.44. The van der Waals surface area contributed by atoms with Crippen LogP contribution in [0.25, 0.3) is 11.3 Å². The Bertz CT molecular complexity index is 1130. The van der Waals surface area contributed by atoms with Crippen molar-refractivity contribution in [3.8, 4) is 11.3 Å². The molecule has 1 saturated heterocycles. The molecule has 1 amide bonds. The van der Waals surface area contributed by atoms with Crippen molar-refractivity contribution < 1.29 is 17.9 Å². The minimum absolute atomic E-state index is 0.000938. The van der Waals surface area contributed by atoms with Crippen LogP contribution in [0.5, 0.6) is 0 Å². The fourth-order valence-electron chi connectivity index (χ4n) is 3.10. The number of amides is 1. The van der Waals surface area contributed by atoms with Crippen molar-refractivity contribution in [2.75, 3.05) is 26.3 Å². The number of nitrogens with one attached hydrogen (secondary N) is 1. The second-order valence-corrected chi connectivity index (χ2v) is 9.41. The number of nitrogens with zero attached hydrogens (tertiary/aromatic N) is 3. The molecular formula is C20H20N4O4S2. The van der Waals surface area contributed by atoms with Gasteiger partial charge in [-0.2, -0.15) is 4.31 Å². The molecule has 1 aromatic carbocycles. The summed E-state index contributed by atoms with van der Waals surface area (Å²) in [5, 5.41) is 5.42. The van der Waals surface area contributed by atoms with Crippen molar-refractivity contribution in [2.45, 2.75) is 11.4 Å². The maximum absolute atomic E-state index is 13.0. The van der Waals surface area contributed by atoms with E-state index in [1.165, 1.54) is 27.8 Å². The Morgan fingerprint density at radius 2 is 1.87 bits per heavy atom. The zero-order valence-electron chi connectivity index (χ0n) is 16.0. The number of benzene rings is 1. The van der Waals surface area contributed by atoms with Crippen LogP contribution in [0.3, 0.4) is 0 Å². The summed E-state index contributed by atoms with van der Waals surface area (Å²) in [6.45, 7) is 1.44. The number of aromatic nitrogens is 2. The maximum atomic E-state index is 13.0. The minimum atomic E-state index is -3.78. The van der Waals surface area contributed by atoms with Gasteiger partial charge in [0.15, 0.2) is 0 Å². The lowest BCUT2D eigenvalue weighted by atomic mass is 10.2. The summed E-state index contributed by atoms with van der Waals surface area (Å²) in [5.41, 5.74) is 1.87. The summed E-state index contributed by atoms with van der Waals surface area (Å²) in [4.78, 5) is 21.3. The van der Waals surface area contributed by atoms with Crippen molar-refractivity contribution in [3.05, 3.63) is 64.7 Å². The largest absolute Gasteiger partial charge is 0.379 e. The molecule has 1 fully saturated rings. The standard InChI is InChI=1S/C20H20N4O4S2/c25-20(22-13-19-23-17(14-29-19)15-5-7-21-8-6-15)16-3-1-2-4-18(16)30(26,27)24-9-11-28-12-10-24/h1-8,14H,9-13H2,(H,22,25). The van der Waals surface area contributed by atoms with Crippen LogP contribution in [-0.4, -0.2) is 54.9 Å². The van der Waals surface area contributed by atoms with Gasteiger partial charge in [-0.3, -0.25) is 9.78 Å². The molecule has 0 radical (unpaired) electrons. The number of rotatable bonds is 6. The van der Waals surface area contributed by atoms with Crippen molar-refractivity contribution in [1.29, 1.82) is 0 Å². The molecule has 8 nitrogen and oxygen atoms in total. The van der Waals surface area contributed by atoms with E-state index in [2.05, 4.69) is 15.3 Å². The molecule has 1 N–H and O–H groups in total. The van der Waals surface area contributed by atoms with Crippen LogP contribution in [0, 0.1) is 0 Å². The molecule has 0 saturated carbocycles. The van der Waals surface area contributed by atoms with E-state index in [4.69, 9.17) is 4.74 Å². The topological polar surface area (TPSA) is 101 Å². The van der Waals surface area contributed by atoms with Gasteiger partial charge in [0.25, 0.3) is 5.91 Å². The second-order valence-electron chi connectivity index (χ2n) is 6.56. The third-order valence-corrected chi connectivity index (χ3v) is 7.45. The number of morpholine rings is 1. The van der Waals surface area contributed by atoms with Gasteiger partial charge in [-0.1, -0.05) is 12.1 Å². The molecule has 2 aromatic heterocycles. The summed E-state index contributed by atoms with van der Waals surface area (Å²) in [6, 6.07) is 9.98. The Hall–Kier alpha value is -2.66. The Balaban J connectivity index is 1.49. The molecule has 4 rings (SSSR count). The predicted molar refractivity (Wildman–Crippen MR) is 113 cm³/mol. The maximum Gasteiger partial charge on any atom is 0.253 e. The SMILES string of the molecule is O=C(NCc1nc(-c2ccncc2)cs1)c1ccccc1S(=O)(=O)N1CCOCC1. The van der Waals surface area contributed by atoms with Crippen LogP contribution in [0.4, 0.5) is 0 Å².